The predicted molar refractivity (Wildman–Crippen MR) is 132 cm³/mol. The Bertz CT molecular complexity index is 985. The van der Waals surface area contributed by atoms with Crippen LogP contribution in [0.5, 0.6) is 0 Å². The molecule has 0 saturated carbocycles. The number of nitrogens with one attached hydrogen (secondary N) is 1. The third-order valence-corrected chi connectivity index (χ3v) is 7.07. The van der Waals surface area contributed by atoms with E-state index in [4.69, 9.17) is 13.8 Å². The maximum absolute atomic E-state index is 13.7. The summed E-state index contributed by atoms with van der Waals surface area (Å²) in [6.45, 7) is 4.09. The number of nitrogens with zero attached hydrogens (tertiary/aromatic N) is 1. The van der Waals surface area contributed by atoms with Crippen LogP contribution in [-0.2, 0) is 33.4 Å². The number of carbonyl (C=O) groups is 2. The topological polar surface area (TPSA) is 115 Å². The summed E-state index contributed by atoms with van der Waals surface area (Å²) < 4.78 is 29.4. The normalized spacial score (nSPS) is 12.4. The highest BCUT2D eigenvalue weighted by molar-refractivity contribution is 7.52. The maximum atomic E-state index is 13.7. The number of hydrogen-bond acceptors (Lipinski definition) is 7. The number of nitriles is 1. The molecule has 0 heterocycles. The molecule has 0 bridgehead atoms. The van der Waals surface area contributed by atoms with Crippen LogP contribution in [0.4, 0.5) is 0 Å². The number of carbonyl (C=O) groups excluding carboxylic acids is 2. The zero-order valence-electron chi connectivity index (χ0n) is 20.4. The average molecular weight is 501 g/mol. The van der Waals surface area contributed by atoms with Crippen molar-refractivity contribution in [1.29, 1.82) is 5.26 Å². The molecular weight excluding hydrogens is 467 g/mol. The van der Waals surface area contributed by atoms with Crippen LogP contribution in [0.25, 0.3) is 0 Å². The van der Waals surface area contributed by atoms with Gasteiger partial charge in [0.2, 0.25) is 5.91 Å². The van der Waals surface area contributed by atoms with Gasteiger partial charge in [0, 0.05) is 0 Å². The standard InChI is InChI=1S/C26H33N2O6P/c1-4-6-18-33-35(31,34-19-7-5-2)28-24(29)23(25(30)32-3)26(20-27,21-14-10-8-11-15-21)22-16-12-9-13-17-22/h8-17,23H,4-7,18-19H2,1-3H3,(H,28,29,31). The summed E-state index contributed by atoms with van der Waals surface area (Å²) in [5, 5.41) is 12.8. The van der Waals surface area contributed by atoms with Gasteiger partial charge in [-0.15, -0.1) is 0 Å². The molecule has 2 aromatic carbocycles. The van der Waals surface area contributed by atoms with Gasteiger partial charge in [-0.05, 0) is 24.0 Å². The molecule has 2 aromatic rings. The quantitative estimate of drug-likeness (QED) is 0.165. The van der Waals surface area contributed by atoms with Crippen LogP contribution in [0, 0.1) is 17.2 Å². The fourth-order valence-corrected chi connectivity index (χ4v) is 5.00. The van der Waals surface area contributed by atoms with Gasteiger partial charge in [0.15, 0.2) is 5.92 Å². The van der Waals surface area contributed by atoms with Crippen LogP contribution < -0.4 is 5.09 Å². The van der Waals surface area contributed by atoms with Crippen LogP contribution in [0.1, 0.15) is 50.7 Å². The van der Waals surface area contributed by atoms with Gasteiger partial charge < -0.3 is 4.74 Å². The van der Waals surface area contributed by atoms with Crippen LogP contribution in [0.3, 0.4) is 0 Å². The highest BCUT2D eigenvalue weighted by Crippen LogP contribution is 2.47. The van der Waals surface area contributed by atoms with E-state index in [0.717, 1.165) is 20.0 Å². The van der Waals surface area contributed by atoms with E-state index in [1.54, 1.807) is 60.7 Å². The summed E-state index contributed by atoms with van der Waals surface area (Å²) in [4.78, 5) is 26.8. The first-order chi connectivity index (χ1) is 16.9. The molecule has 1 amide bonds. The minimum atomic E-state index is -4.12. The number of methoxy groups -OCH3 is 1. The summed E-state index contributed by atoms with van der Waals surface area (Å²) in [6.07, 6.45) is 2.78. The number of rotatable bonds is 14. The van der Waals surface area contributed by atoms with Crippen molar-refractivity contribution in [2.45, 2.75) is 44.9 Å². The summed E-state index contributed by atoms with van der Waals surface area (Å²) >= 11 is 0. The Morgan fingerprint density at radius 3 is 1.77 bits per heavy atom. The van der Waals surface area contributed by atoms with Crippen molar-refractivity contribution in [3.8, 4) is 6.07 Å². The van der Waals surface area contributed by atoms with Gasteiger partial charge in [0.1, 0.15) is 5.41 Å². The zero-order valence-corrected chi connectivity index (χ0v) is 21.3. The van der Waals surface area contributed by atoms with E-state index in [-0.39, 0.29) is 13.2 Å². The molecule has 1 atom stereocenters. The predicted octanol–water partition coefficient (Wildman–Crippen LogP) is 5.14. The first kappa shape index (κ1) is 28.3. The van der Waals surface area contributed by atoms with E-state index in [9.17, 15) is 19.4 Å². The van der Waals surface area contributed by atoms with Crippen molar-refractivity contribution < 1.29 is 27.9 Å². The van der Waals surface area contributed by atoms with Gasteiger partial charge in [-0.1, -0.05) is 87.4 Å². The fourth-order valence-electron chi connectivity index (χ4n) is 3.65. The Balaban J connectivity index is 2.59. The number of hydrogen-bond donors (Lipinski definition) is 1. The molecule has 1 unspecified atom stereocenters. The zero-order chi connectivity index (χ0) is 25.7. The van der Waals surface area contributed by atoms with Crippen molar-refractivity contribution in [2.75, 3.05) is 20.3 Å². The molecule has 1 N–H and O–H groups in total. The molecule has 0 aliphatic heterocycles. The Kier molecular flexibility index (Phi) is 11.1. The molecule has 0 aliphatic rings. The smallest absolute Gasteiger partial charge is 0.434 e. The Morgan fingerprint density at radius 2 is 1.40 bits per heavy atom. The monoisotopic (exact) mass is 500 g/mol. The van der Waals surface area contributed by atoms with E-state index in [1.165, 1.54) is 0 Å². The molecule has 35 heavy (non-hydrogen) atoms. The van der Waals surface area contributed by atoms with Gasteiger partial charge in [0.25, 0.3) is 0 Å². The summed E-state index contributed by atoms with van der Waals surface area (Å²) in [5.74, 6) is -3.63. The molecule has 188 valence electrons. The lowest BCUT2D eigenvalue weighted by Crippen LogP contribution is -2.49. The van der Waals surface area contributed by atoms with Crippen molar-refractivity contribution >= 4 is 19.6 Å². The minimum Gasteiger partial charge on any atom is -0.468 e. The van der Waals surface area contributed by atoms with Crippen molar-refractivity contribution in [3.63, 3.8) is 0 Å². The lowest BCUT2D eigenvalue weighted by molar-refractivity contribution is -0.151. The molecule has 0 spiro atoms. The van der Waals surface area contributed by atoms with Crippen LogP contribution in [0.2, 0.25) is 0 Å². The number of benzene rings is 2. The largest absolute Gasteiger partial charge is 0.468 e. The van der Waals surface area contributed by atoms with Gasteiger partial charge >= 0.3 is 13.7 Å². The van der Waals surface area contributed by atoms with E-state index in [1.807, 2.05) is 13.8 Å². The Morgan fingerprint density at radius 1 is 0.943 bits per heavy atom. The van der Waals surface area contributed by atoms with Gasteiger partial charge in [-0.3, -0.25) is 23.7 Å². The second-order valence-electron chi connectivity index (χ2n) is 7.96. The summed E-state index contributed by atoms with van der Waals surface area (Å²) in [6, 6.07) is 19.2. The van der Waals surface area contributed by atoms with Crippen molar-refractivity contribution in [2.24, 2.45) is 5.92 Å². The molecule has 0 aromatic heterocycles. The number of ether oxygens (including phenoxy) is 1. The van der Waals surface area contributed by atoms with Gasteiger partial charge in [-0.2, -0.15) is 5.26 Å². The molecule has 0 aliphatic carbocycles. The summed E-state index contributed by atoms with van der Waals surface area (Å²) in [7, 11) is -2.98. The Labute approximate surface area is 207 Å². The first-order valence-corrected chi connectivity index (χ1v) is 13.2. The number of amides is 1. The Hall–Kier alpha value is -2.98. The van der Waals surface area contributed by atoms with E-state index in [2.05, 4.69) is 11.2 Å². The molecule has 8 nitrogen and oxygen atoms in total. The van der Waals surface area contributed by atoms with Crippen molar-refractivity contribution in [1.82, 2.24) is 5.09 Å². The number of esters is 1. The highest BCUT2D eigenvalue weighted by Gasteiger charge is 2.53. The first-order valence-electron chi connectivity index (χ1n) is 11.7. The molecule has 2 rings (SSSR count). The molecule has 0 fully saturated rings. The second-order valence-corrected chi connectivity index (χ2v) is 9.69. The second kappa shape index (κ2) is 13.8. The fraction of sp³-hybridized carbons (Fsp3) is 0.423. The average Bonchev–Trinajstić information content (AvgIpc) is 2.88. The lowest BCUT2D eigenvalue weighted by Gasteiger charge is -2.34. The lowest BCUT2D eigenvalue weighted by atomic mass is 9.66. The van der Waals surface area contributed by atoms with E-state index < -0.39 is 31.0 Å². The number of unbranched alkanes of at least 4 members (excludes halogenated alkanes) is 2. The van der Waals surface area contributed by atoms with E-state index >= 15 is 0 Å². The van der Waals surface area contributed by atoms with Gasteiger partial charge in [-0.25, -0.2) is 4.57 Å². The van der Waals surface area contributed by atoms with Crippen molar-refractivity contribution in [3.05, 3.63) is 71.8 Å². The van der Waals surface area contributed by atoms with Crippen LogP contribution in [-0.4, -0.2) is 32.2 Å². The maximum Gasteiger partial charge on any atom is 0.434 e. The summed E-state index contributed by atoms with van der Waals surface area (Å²) in [5.41, 5.74) is -0.946. The third kappa shape index (κ3) is 7.02. The van der Waals surface area contributed by atoms with E-state index in [0.29, 0.717) is 24.0 Å². The minimum absolute atomic E-state index is 0.101. The molecule has 9 heteroatoms. The SMILES string of the molecule is CCCCOP(=O)(NC(=O)C(C(=O)OC)C(C#N)(c1ccccc1)c1ccccc1)OCCCC. The van der Waals surface area contributed by atoms with Crippen LogP contribution >= 0.6 is 7.75 Å². The van der Waals surface area contributed by atoms with Gasteiger partial charge in [0.05, 0.1) is 26.4 Å². The molecule has 0 saturated heterocycles. The van der Waals surface area contributed by atoms with Crippen LogP contribution in [0.15, 0.2) is 60.7 Å². The highest BCUT2D eigenvalue weighted by atomic mass is 31.2. The third-order valence-electron chi connectivity index (χ3n) is 5.53. The molecular formula is C26H33N2O6P. The molecule has 0 radical (unpaired) electrons.